The summed E-state index contributed by atoms with van der Waals surface area (Å²) in [7, 11) is 0. The Balaban J connectivity index is 1.71. The molecule has 106 valence electrons. The lowest BCUT2D eigenvalue weighted by molar-refractivity contribution is -0.134. The molecule has 2 aliphatic rings. The van der Waals surface area contributed by atoms with Gasteiger partial charge in [0.2, 0.25) is 0 Å². The number of nitrogens with one attached hydrogen (secondary N) is 1. The molecular formula is C15H29NO2. The van der Waals surface area contributed by atoms with Crippen LogP contribution in [0, 0.1) is 17.8 Å². The van der Waals surface area contributed by atoms with E-state index in [-0.39, 0.29) is 6.29 Å². The molecule has 4 unspecified atom stereocenters. The van der Waals surface area contributed by atoms with Crippen LogP contribution in [0.3, 0.4) is 0 Å². The Morgan fingerprint density at radius 1 is 1.11 bits per heavy atom. The molecule has 4 atom stereocenters. The largest absolute Gasteiger partial charge is 0.352 e. The Labute approximate surface area is 112 Å². The van der Waals surface area contributed by atoms with Crippen LogP contribution in [0.25, 0.3) is 0 Å². The van der Waals surface area contributed by atoms with Crippen LogP contribution in [0.15, 0.2) is 0 Å². The highest BCUT2D eigenvalue weighted by Crippen LogP contribution is 2.49. The van der Waals surface area contributed by atoms with Gasteiger partial charge in [0.05, 0.1) is 0 Å². The number of hydrogen-bond donors (Lipinski definition) is 1. The molecule has 2 aliphatic carbocycles. The molecule has 18 heavy (non-hydrogen) atoms. The second-order valence-electron chi connectivity index (χ2n) is 5.88. The minimum absolute atomic E-state index is 0.0824. The number of rotatable bonds is 8. The number of fused-ring (bicyclic) bond motifs is 2. The van der Waals surface area contributed by atoms with Crippen LogP contribution in [0.1, 0.15) is 46.5 Å². The lowest BCUT2D eigenvalue weighted by atomic mass is 9.84. The predicted octanol–water partition coefficient (Wildman–Crippen LogP) is 2.80. The first kappa shape index (κ1) is 14.3. The Hall–Kier alpha value is -0.120. The molecule has 2 saturated carbocycles. The first-order chi connectivity index (χ1) is 8.74. The van der Waals surface area contributed by atoms with Crippen molar-refractivity contribution >= 4 is 0 Å². The molecule has 0 aromatic rings. The minimum atomic E-state index is -0.0824. The lowest BCUT2D eigenvalue weighted by Crippen LogP contribution is -2.41. The molecule has 3 heteroatoms. The fraction of sp³-hybridized carbons (Fsp3) is 1.00. The van der Waals surface area contributed by atoms with Crippen LogP contribution >= 0.6 is 0 Å². The molecule has 0 aliphatic heterocycles. The Bertz CT molecular complexity index is 241. The summed E-state index contributed by atoms with van der Waals surface area (Å²) in [6.45, 7) is 8.62. The average Bonchev–Trinajstić information content (AvgIpc) is 2.98. The topological polar surface area (TPSA) is 30.5 Å². The van der Waals surface area contributed by atoms with Crippen molar-refractivity contribution in [3.8, 4) is 0 Å². The number of ether oxygens (including phenoxy) is 2. The highest BCUT2D eigenvalue weighted by atomic mass is 16.7. The Morgan fingerprint density at radius 3 is 2.33 bits per heavy atom. The van der Waals surface area contributed by atoms with Crippen LogP contribution in [-0.2, 0) is 9.47 Å². The molecule has 0 amide bonds. The van der Waals surface area contributed by atoms with Gasteiger partial charge < -0.3 is 14.8 Å². The van der Waals surface area contributed by atoms with Gasteiger partial charge in [0, 0.05) is 25.8 Å². The molecule has 0 spiro atoms. The van der Waals surface area contributed by atoms with Gasteiger partial charge in [-0.15, -0.1) is 0 Å². The molecule has 0 aromatic heterocycles. The minimum Gasteiger partial charge on any atom is -0.352 e. The average molecular weight is 255 g/mol. The van der Waals surface area contributed by atoms with Crippen LogP contribution < -0.4 is 5.32 Å². The fourth-order valence-electron chi connectivity index (χ4n) is 3.88. The van der Waals surface area contributed by atoms with E-state index in [1.807, 2.05) is 13.8 Å². The van der Waals surface area contributed by atoms with E-state index >= 15 is 0 Å². The van der Waals surface area contributed by atoms with E-state index < -0.39 is 0 Å². The summed E-state index contributed by atoms with van der Waals surface area (Å²) in [5.74, 6) is 2.89. The molecule has 0 radical (unpaired) electrons. The van der Waals surface area contributed by atoms with Crippen LogP contribution in [0.5, 0.6) is 0 Å². The van der Waals surface area contributed by atoms with Crippen LogP contribution in [0.4, 0.5) is 0 Å². The monoisotopic (exact) mass is 255 g/mol. The number of hydrogen-bond acceptors (Lipinski definition) is 3. The zero-order valence-electron chi connectivity index (χ0n) is 12.2. The van der Waals surface area contributed by atoms with E-state index in [9.17, 15) is 0 Å². The van der Waals surface area contributed by atoms with Crippen molar-refractivity contribution in [1.82, 2.24) is 5.32 Å². The summed E-state index contributed by atoms with van der Waals surface area (Å²) >= 11 is 0. The fourth-order valence-corrected chi connectivity index (χ4v) is 3.88. The zero-order valence-corrected chi connectivity index (χ0v) is 12.2. The van der Waals surface area contributed by atoms with E-state index in [2.05, 4.69) is 12.2 Å². The van der Waals surface area contributed by atoms with Gasteiger partial charge in [0.15, 0.2) is 6.29 Å². The van der Waals surface area contributed by atoms with Gasteiger partial charge in [0.25, 0.3) is 0 Å². The smallest absolute Gasteiger partial charge is 0.169 e. The third kappa shape index (κ3) is 3.46. The first-order valence-electron chi connectivity index (χ1n) is 7.71. The molecule has 3 nitrogen and oxygen atoms in total. The summed E-state index contributed by atoms with van der Waals surface area (Å²) < 4.78 is 11.1. The lowest BCUT2D eigenvalue weighted by Gasteiger charge is -2.30. The van der Waals surface area contributed by atoms with Gasteiger partial charge in [0.1, 0.15) is 0 Å². The molecule has 0 aromatic carbocycles. The van der Waals surface area contributed by atoms with Gasteiger partial charge in [-0.3, -0.25) is 0 Å². The molecule has 2 fully saturated rings. The predicted molar refractivity (Wildman–Crippen MR) is 73.4 cm³/mol. The second-order valence-corrected chi connectivity index (χ2v) is 5.88. The van der Waals surface area contributed by atoms with Gasteiger partial charge in [-0.05, 0) is 57.8 Å². The third-order valence-corrected chi connectivity index (χ3v) is 4.75. The van der Waals surface area contributed by atoms with E-state index in [0.717, 1.165) is 37.5 Å². The molecule has 2 rings (SSSR count). The van der Waals surface area contributed by atoms with E-state index in [0.29, 0.717) is 6.04 Å². The maximum atomic E-state index is 5.57. The molecule has 0 heterocycles. The SMILES string of the molecule is CCOC(CNC(C)C1CC2CCC1C2)OCC. The molecular weight excluding hydrogens is 226 g/mol. The van der Waals surface area contributed by atoms with Gasteiger partial charge in [-0.25, -0.2) is 0 Å². The second kappa shape index (κ2) is 6.88. The summed E-state index contributed by atoms with van der Waals surface area (Å²) in [6, 6.07) is 0.601. The molecule has 1 N–H and O–H groups in total. The summed E-state index contributed by atoms with van der Waals surface area (Å²) in [5.41, 5.74) is 0. The van der Waals surface area contributed by atoms with Gasteiger partial charge >= 0.3 is 0 Å². The van der Waals surface area contributed by atoms with E-state index in [1.165, 1.54) is 25.7 Å². The maximum Gasteiger partial charge on any atom is 0.169 e. The Morgan fingerprint density at radius 2 is 1.83 bits per heavy atom. The standard InChI is InChI=1S/C15H29NO2/c1-4-17-15(18-5-2)10-16-11(3)14-9-12-6-7-13(14)8-12/h11-16H,4-10H2,1-3H3. The van der Waals surface area contributed by atoms with Gasteiger partial charge in [-0.1, -0.05) is 6.42 Å². The Kier molecular flexibility index (Phi) is 5.46. The first-order valence-corrected chi connectivity index (χ1v) is 7.71. The van der Waals surface area contributed by atoms with Crippen molar-refractivity contribution in [3.05, 3.63) is 0 Å². The highest BCUT2D eigenvalue weighted by molar-refractivity contribution is 4.94. The van der Waals surface area contributed by atoms with E-state index in [4.69, 9.17) is 9.47 Å². The summed E-state index contributed by atoms with van der Waals surface area (Å²) in [5, 5.41) is 3.63. The molecule has 0 saturated heterocycles. The normalized spacial score (nSPS) is 32.3. The summed E-state index contributed by atoms with van der Waals surface area (Å²) in [6.07, 6.45) is 5.78. The maximum absolute atomic E-state index is 5.57. The zero-order chi connectivity index (χ0) is 13.0. The van der Waals surface area contributed by atoms with Crippen molar-refractivity contribution in [3.63, 3.8) is 0 Å². The van der Waals surface area contributed by atoms with Crippen molar-refractivity contribution < 1.29 is 9.47 Å². The van der Waals surface area contributed by atoms with Crippen molar-refractivity contribution in [2.45, 2.75) is 58.8 Å². The van der Waals surface area contributed by atoms with E-state index in [1.54, 1.807) is 0 Å². The third-order valence-electron chi connectivity index (χ3n) is 4.75. The van der Waals surface area contributed by atoms with Crippen LogP contribution in [-0.4, -0.2) is 32.1 Å². The van der Waals surface area contributed by atoms with Gasteiger partial charge in [-0.2, -0.15) is 0 Å². The van der Waals surface area contributed by atoms with Crippen molar-refractivity contribution in [1.29, 1.82) is 0 Å². The highest BCUT2D eigenvalue weighted by Gasteiger charge is 2.41. The quantitative estimate of drug-likeness (QED) is 0.677. The molecule has 2 bridgehead atoms. The van der Waals surface area contributed by atoms with Crippen LogP contribution in [0.2, 0.25) is 0 Å². The van der Waals surface area contributed by atoms with Crippen molar-refractivity contribution in [2.24, 2.45) is 17.8 Å². The van der Waals surface area contributed by atoms with Crippen molar-refractivity contribution in [2.75, 3.05) is 19.8 Å². The summed E-state index contributed by atoms with van der Waals surface area (Å²) in [4.78, 5) is 0.